The van der Waals surface area contributed by atoms with Crippen LogP contribution in [0, 0.1) is 0 Å². The van der Waals surface area contributed by atoms with Crippen molar-refractivity contribution in [3.8, 4) is 5.75 Å². The maximum atomic E-state index is 12.7. The Bertz CT molecular complexity index is 1030. The van der Waals surface area contributed by atoms with Crippen molar-refractivity contribution in [2.45, 2.75) is 33.1 Å². The first kappa shape index (κ1) is 16.5. The highest BCUT2D eigenvalue weighted by atomic mass is 16.3. The van der Waals surface area contributed by atoms with E-state index in [9.17, 15) is 14.7 Å². The number of benzene rings is 1. The molecular weight excluding hydrogens is 326 g/mol. The van der Waals surface area contributed by atoms with Crippen LogP contribution in [-0.2, 0) is 15.0 Å². The van der Waals surface area contributed by atoms with Crippen LogP contribution in [0.25, 0.3) is 0 Å². The SMILES string of the molecule is CC1=C(C)C2(C3=CC(=O)C=CC3=Nc3ccc([O-])cc32)C(C)=C(C)C1=O. The molecule has 1 heterocycles. The van der Waals surface area contributed by atoms with E-state index >= 15 is 0 Å². The molecule has 0 amide bonds. The highest BCUT2D eigenvalue weighted by molar-refractivity contribution is 6.24. The first-order chi connectivity index (χ1) is 12.3. The van der Waals surface area contributed by atoms with Crippen LogP contribution < -0.4 is 5.11 Å². The summed E-state index contributed by atoms with van der Waals surface area (Å²) < 4.78 is 0. The Morgan fingerprint density at radius 3 is 2.27 bits per heavy atom. The van der Waals surface area contributed by atoms with Gasteiger partial charge in [0.25, 0.3) is 0 Å². The highest BCUT2D eigenvalue weighted by Crippen LogP contribution is 2.56. The topological polar surface area (TPSA) is 69.6 Å². The van der Waals surface area contributed by atoms with E-state index < -0.39 is 5.41 Å². The van der Waals surface area contributed by atoms with E-state index in [1.165, 1.54) is 12.1 Å². The van der Waals surface area contributed by atoms with Crippen LogP contribution in [0.15, 0.2) is 69.3 Å². The van der Waals surface area contributed by atoms with E-state index in [0.29, 0.717) is 22.5 Å². The zero-order chi connectivity index (χ0) is 18.8. The van der Waals surface area contributed by atoms with Gasteiger partial charge >= 0.3 is 0 Å². The Kier molecular flexibility index (Phi) is 3.32. The molecule has 130 valence electrons. The van der Waals surface area contributed by atoms with E-state index in [0.717, 1.165) is 22.3 Å². The molecule has 4 heteroatoms. The number of Topliss-reactive ketones (excluding diaryl/α,β-unsaturated/α-hetero) is 1. The molecule has 1 aromatic carbocycles. The number of rotatable bonds is 0. The summed E-state index contributed by atoms with van der Waals surface area (Å²) in [5.74, 6) is -0.228. The normalized spacial score (nSPS) is 20.9. The van der Waals surface area contributed by atoms with Crippen molar-refractivity contribution in [1.82, 2.24) is 0 Å². The molecule has 2 aliphatic carbocycles. The van der Waals surface area contributed by atoms with Crippen molar-refractivity contribution in [1.29, 1.82) is 0 Å². The van der Waals surface area contributed by atoms with Gasteiger partial charge in [-0.1, -0.05) is 12.1 Å². The Morgan fingerprint density at radius 1 is 0.962 bits per heavy atom. The van der Waals surface area contributed by atoms with Gasteiger partial charge in [0, 0.05) is 5.57 Å². The van der Waals surface area contributed by atoms with Crippen LogP contribution in [0.5, 0.6) is 5.75 Å². The zero-order valence-electron chi connectivity index (χ0n) is 15.1. The molecule has 4 rings (SSSR count). The van der Waals surface area contributed by atoms with E-state index in [4.69, 9.17) is 0 Å². The van der Waals surface area contributed by atoms with Gasteiger partial charge in [-0.15, -0.1) is 5.75 Å². The quantitative estimate of drug-likeness (QED) is 0.677. The van der Waals surface area contributed by atoms with Crippen molar-refractivity contribution in [3.05, 3.63) is 69.9 Å². The van der Waals surface area contributed by atoms with Gasteiger partial charge in [-0.2, -0.15) is 0 Å². The molecule has 1 aromatic rings. The monoisotopic (exact) mass is 344 g/mol. The van der Waals surface area contributed by atoms with Gasteiger partial charge in [-0.25, -0.2) is 4.99 Å². The third kappa shape index (κ3) is 1.87. The molecule has 0 unspecified atom stereocenters. The summed E-state index contributed by atoms with van der Waals surface area (Å²) >= 11 is 0. The van der Waals surface area contributed by atoms with Crippen molar-refractivity contribution in [2.75, 3.05) is 0 Å². The summed E-state index contributed by atoms with van der Waals surface area (Å²) in [4.78, 5) is 29.5. The summed E-state index contributed by atoms with van der Waals surface area (Å²) in [6.07, 6.45) is 4.80. The number of aliphatic imine (C=N–C) groups is 1. The van der Waals surface area contributed by atoms with Crippen molar-refractivity contribution in [3.63, 3.8) is 0 Å². The fraction of sp³-hybridized carbons (Fsp3) is 0.227. The fourth-order valence-electron chi connectivity index (χ4n) is 4.37. The first-order valence-corrected chi connectivity index (χ1v) is 8.54. The van der Waals surface area contributed by atoms with Crippen LogP contribution in [0.4, 0.5) is 5.69 Å². The number of nitrogens with zero attached hydrogens (tertiary/aromatic N) is 1. The molecule has 0 bridgehead atoms. The minimum atomic E-state index is -0.810. The molecule has 0 saturated carbocycles. The summed E-state index contributed by atoms with van der Waals surface area (Å²) in [7, 11) is 0. The second kappa shape index (κ2) is 5.24. The minimum absolute atomic E-state index is 0.00722. The van der Waals surface area contributed by atoms with Gasteiger partial charge in [-0.3, -0.25) is 9.59 Å². The Balaban J connectivity index is 2.21. The van der Waals surface area contributed by atoms with E-state index in [2.05, 4.69) is 4.99 Å². The van der Waals surface area contributed by atoms with Gasteiger partial charge in [0.05, 0.1) is 16.8 Å². The van der Waals surface area contributed by atoms with Gasteiger partial charge < -0.3 is 5.11 Å². The molecule has 1 spiro atoms. The van der Waals surface area contributed by atoms with Gasteiger partial charge in [0.15, 0.2) is 11.6 Å². The lowest BCUT2D eigenvalue weighted by Crippen LogP contribution is -2.42. The number of ketones is 2. The van der Waals surface area contributed by atoms with Gasteiger partial charge in [-0.05, 0) is 79.8 Å². The standard InChI is InChI=1S/C22H19NO3/c1-11-13(3)22(14(4)12(2)21(11)26)17-9-15(24)5-7-19(17)23-20-8-6-16(25)10-18(20)22/h5-10,24H,1-4H3/p-1. The number of hydrogen-bond acceptors (Lipinski definition) is 4. The summed E-state index contributed by atoms with van der Waals surface area (Å²) in [6, 6.07) is 4.80. The summed E-state index contributed by atoms with van der Waals surface area (Å²) in [5, 5.41) is 12.2. The fourth-order valence-corrected chi connectivity index (χ4v) is 4.37. The maximum Gasteiger partial charge on any atom is 0.184 e. The second-order valence-corrected chi connectivity index (χ2v) is 7.05. The molecule has 3 aliphatic rings. The largest absolute Gasteiger partial charge is 0.872 e. The molecule has 0 N–H and O–H groups in total. The third-order valence-corrected chi connectivity index (χ3v) is 5.92. The third-order valence-electron chi connectivity index (χ3n) is 5.92. The lowest BCUT2D eigenvalue weighted by Gasteiger charge is -2.46. The maximum absolute atomic E-state index is 12.7. The Labute approximate surface area is 152 Å². The van der Waals surface area contributed by atoms with Crippen LogP contribution in [-0.4, -0.2) is 17.3 Å². The molecular formula is C22H18NO3-. The zero-order valence-corrected chi connectivity index (χ0v) is 15.1. The molecule has 0 aromatic heterocycles. The first-order valence-electron chi connectivity index (χ1n) is 8.54. The molecule has 0 radical (unpaired) electrons. The van der Waals surface area contributed by atoms with Crippen molar-refractivity contribution >= 4 is 23.0 Å². The number of hydrogen-bond donors (Lipinski definition) is 0. The van der Waals surface area contributed by atoms with Crippen molar-refractivity contribution in [2.24, 2.45) is 4.99 Å². The van der Waals surface area contributed by atoms with Crippen LogP contribution >= 0.6 is 0 Å². The molecule has 0 saturated heterocycles. The van der Waals surface area contributed by atoms with Crippen LogP contribution in [0.2, 0.25) is 0 Å². The number of fused-ring (bicyclic) bond motifs is 4. The smallest absolute Gasteiger partial charge is 0.184 e. The van der Waals surface area contributed by atoms with E-state index in [1.807, 2.05) is 27.7 Å². The molecule has 4 nitrogen and oxygen atoms in total. The number of allylic oxidation sites excluding steroid dienone is 8. The molecule has 0 fully saturated rings. The number of carbonyl (C=O) groups excluding carboxylic acids is 2. The van der Waals surface area contributed by atoms with Crippen LogP contribution in [0.1, 0.15) is 33.3 Å². The molecule has 1 aliphatic heterocycles. The minimum Gasteiger partial charge on any atom is -0.872 e. The van der Waals surface area contributed by atoms with E-state index in [1.54, 1.807) is 24.3 Å². The Morgan fingerprint density at radius 2 is 1.62 bits per heavy atom. The average Bonchev–Trinajstić information content (AvgIpc) is 2.63. The molecule has 0 atom stereocenters. The van der Waals surface area contributed by atoms with Gasteiger partial charge in [0.2, 0.25) is 0 Å². The van der Waals surface area contributed by atoms with E-state index in [-0.39, 0.29) is 17.3 Å². The lowest BCUT2D eigenvalue weighted by atomic mass is 9.57. The molecule has 26 heavy (non-hydrogen) atoms. The predicted molar refractivity (Wildman–Crippen MR) is 98.6 cm³/mol. The Hall–Kier alpha value is -3.01. The second-order valence-electron chi connectivity index (χ2n) is 7.05. The summed E-state index contributed by atoms with van der Waals surface area (Å²) in [6.45, 7) is 7.44. The van der Waals surface area contributed by atoms with Crippen LogP contribution in [0.3, 0.4) is 0 Å². The number of carbonyl (C=O) groups is 2. The van der Waals surface area contributed by atoms with Gasteiger partial charge in [0.1, 0.15) is 0 Å². The highest BCUT2D eigenvalue weighted by Gasteiger charge is 2.49. The predicted octanol–water partition coefficient (Wildman–Crippen LogP) is 3.40. The van der Waals surface area contributed by atoms with Crippen molar-refractivity contribution < 1.29 is 14.7 Å². The lowest BCUT2D eigenvalue weighted by molar-refractivity contribution is -0.268. The summed E-state index contributed by atoms with van der Waals surface area (Å²) in [5.41, 5.74) is 5.06. The average molecular weight is 344 g/mol.